The van der Waals surface area contributed by atoms with Gasteiger partial charge in [-0.1, -0.05) is 90.8 Å². The van der Waals surface area contributed by atoms with Gasteiger partial charge in [-0.2, -0.15) is 0 Å². The molecule has 0 spiro atoms. The Bertz CT molecular complexity index is 1730. The summed E-state index contributed by atoms with van der Waals surface area (Å²) in [4.78, 5) is 29.4. The number of carbonyl (C=O) groups is 2. The predicted molar refractivity (Wildman–Crippen MR) is 176 cm³/mol. The first-order valence-electron chi connectivity index (χ1n) is 14.7. The third-order valence-corrected chi connectivity index (χ3v) is 9.46. The predicted octanol–water partition coefficient (Wildman–Crippen LogP) is 6.46. The molecule has 45 heavy (non-hydrogen) atoms. The Labute approximate surface area is 269 Å². The molecule has 0 aliphatic rings. The fraction of sp³-hybridized carbons (Fsp3) is 0.257. The number of hydrogen-bond acceptors (Lipinski definition) is 4. The zero-order valence-corrected chi connectivity index (χ0v) is 27.1. The standard InChI is InChI=1S/C35H37ClFN3O4S/c1-4-20-38-35(42)33(21-27-10-6-5-7-11-27)39(23-28-12-8-9-13-31(28)37)34(41)24-40(32-22-29(36)17-16-26(32)3)45(43,44)30-18-14-25(2)15-19-30/h5-19,22,33H,4,20-21,23-24H2,1-3H3,(H,38,42)/t33-/m1/s1. The molecule has 4 rings (SSSR count). The van der Waals surface area contributed by atoms with Gasteiger partial charge in [0.05, 0.1) is 10.6 Å². The van der Waals surface area contributed by atoms with Gasteiger partial charge in [-0.3, -0.25) is 13.9 Å². The van der Waals surface area contributed by atoms with Crippen LogP contribution in [-0.2, 0) is 32.6 Å². The van der Waals surface area contributed by atoms with Crippen molar-refractivity contribution in [3.05, 3.63) is 130 Å². The fourth-order valence-corrected chi connectivity index (χ4v) is 6.57. The number of benzene rings is 4. The van der Waals surface area contributed by atoms with Gasteiger partial charge in [-0.25, -0.2) is 12.8 Å². The van der Waals surface area contributed by atoms with Crippen molar-refractivity contribution in [3.63, 3.8) is 0 Å². The monoisotopic (exact) mass is 649 g/mol. The highest BCUT2D eigenvalue weighted by Gasteiger charge is 2.35. The van der Waals surface area contributed by atoms with Crippen molar-refractivity contribution in [2.45, 2.75) is 51.1 Å². The first kappa shape index (κ1) is 33.7. The van der Waals surface area contributed by atoms with E-state index < -0.39 is 40.2 Å². The van der Waals surface area contributed by atoms with Gasteiger partial charge in [-0.15, -0.1) is 0 Å². The number of aryl methyl sites for hydroxylation is 2. The Morgan fingerprint density at radius 2 is 1.58 bits per heavy atom. The van der Waals surface area contributed by atoms with Crippen LogP contribution in [0.2, 0.25) is 5.02 Å². The van der Waals surface area contributed by atoms with Crippen LogP contribution in [0, 0.1) is 19.7 Å². The second-order valence-corrected chi connectivity index (χ2v) is 13.2. The van der Waals surface area contributed by atoms with Gasteiger partial charge in [0, 0.05) is 30.1 Å². The number of rotatable bonds is 13. The normalized spacial score (nSPS) is 11.9. The lowest BCUT2D eigenvalue weighted by molar-refractivity contribution is -0.140. The maximum atomic E-state index is 15.0. The Morgan fingerprint density at radius 3 is 2.24 bits per heavy atom. The lowest BCUT2D eigenvalue weighted by Crippen LogP contribution is -2.53. The minimum Gasteiger partial charge on any atom is -0.354 e. The van der Waals surface area contributed by atoms with Gasteiger partial charge < -0.3 is 10.2 Å². The molecule has 0 saturated carbocycles. The van der Waals surface area contributed by atoms with Crippen LogP contribution in [-0.4, -0.2) is 44.3 Å². The van der Waals surface area contributed by atoms with Crippen molar-refractivity contribution >= 4 is 39.1 Å². The van der Waals surface area contributed by atoms with Gasteiger partial charge in [0.2, 0.25) is 11.8 Å². The Morgan fingerprint density at radius 1 is 0.911 bits per heavy atom. The average molecular weight is 650 g/mol. The summed E-state index contributed by atoms with van der Waals surface area (Å²) in [6.07, 6.45) is 0.805. The number of anilines is 1. The molecule has 10 heteroatoms. The molecule has 4 aromatic rings. The SMILES string of the molecule is CCCNC(=O)[C@@H](Cc1ccccc1)N(Cc1ccccc1F)C(=O)CN(c1cc(Cl)ccc1C)S(=O)(=O)c1ccc(C)cc1. The van der Waals surface area contributed by atoms with Crippen molar-refractivity contribution in [3.8, 4) is 0 Å². The maximum absolute atomic E-state index is 15.0. The molecule has 0 fully saturated rings. The summed E-state index contributed by atoms with van der Waals surface area (Å²) in [7, 11) is -4.29. The van der Waals surface area contributed by atoms with E-state index in [-0.39, 0.29) is 34.1 Å². The Hall–Kier alpha value is -4.21. The smallest absolute Gasteiger partial charge is 0.264 e. The number of nitrogens with one attached hydrogen (secondary N) is 1. The summed E-state index contributed by atoms with van der Waals surface area (Å²) in [5.74, 6) is -1.64. The van der Waals surface area contributed by atoms with Gasteiger partial charge in [0.15, 0.2) is 0 Å². The number of halogens is 2. The number of amides is 2. The van der Waals surface area contributed by atoms with Crippen LogP contribution in [0.1, 0.15) is 35.6 Å². The van der Waals surface area contributed by atoms with Crippen molar-refractivity contribution in [1.82, 2.24) is 10.2 Å². The summed E-state index contributed by atoms with van der Waals surface area (Å²) in [6.45, 7) is 4.95. The fourth-order valence-electron chi connectivity index (χ4n) is 4.93. The van der Waals surface area contributed by atoms with Crippen LogP contribution >= 0.6 is 11.6 Å². The van der Waals surface area contributed by atoms with E-state index in [2.05, 4.69) is 5.32 Å². The highest BCUT2D eigenvalue weighted by atomic mass is 35.5. The molecule has 0 aliphatic carbocycles. The minimum absolute atomic E-state index is 0.0116. The van der Waals surface area contributed by atoms with E-state index in [4.69, 9.17) is 11.6 Å². The molecule has 0 bridgehead atoms. The molecular formula is C35H37ClFN3O4S. The molecule has 0 saturated heterocycles. The molecule has 0 aliphatic heterocycles. The van der Waals surface area contributed by atoms with Crippen molar-refractivity contribution < 1.29 is 22.4 Å². The lowest BCUT2D eigenvalue weighted by atomic mass is 10.0. The number of sulfonamides is 1. The second-order valence-electron chi connectivity index (χ2n) is 10.9. The van der Waals surface area contributed by atoms with Crippen molar-refractivity contribution in [2.75, 3.05) is 17.4 Å². The van der Waals surface area contributed by atoms with Gasteiger partial charge >= 0.3 is 0 Å². The molecule has 0 unspecified atom stereocenters. The van der Waals surface area contributed by atoms with E-state index >= 15 is 4.39 Å². The minimum atomic E-state index is -4.29. The quantitative estimate of drug-likeness (QED) is 0.180. The third-order valence-electron chi connectivity index (χ3n) is 7.45. The van der Waals surface area contributed by atoms with Crippen LogP contribution in [0.4, 0.5) is 10.1 Å². The number of nitrogens with zero attached hydrogens (tertiary/aromatic N) is 2. The topological polar surface area (TPSA) is 86.8 Å². The largest absolute Gasteiger partial charge is 0.354 e. The van der Waals surface area contributed by atoms with E-state index in [1.165, 1.54) is 35.2 Å². The molecule has 4 aromatic carbocycles. The summed E-state index contributed by atoms with van der Waals surface area (Å²) in [6, 6.07) is 25.3. The molecule has 236 valence electrons. The summed E-state index contributed by atoms with van der Waals surface area (Å²) in [5, 5.41) is 3.16. The molecule has 0 heterocycles. The molecule has 1 N–H and O–H groups in total. The van der Waals surface area contributed by atoms with Crippen molar-refractivity contribution in [1.29, 1.82) is 0 Å². The van der Waals surface area contributed by atoms with Gasteiger partial charge in [-0.05, 0) is 61.7 Å². The van der Waals surface area contributed by atoms with E-state index in [0.717, 1.165) is 15.4 Å². The molecule has 1 atom stereocenters. The molecule has 0 aromatic heterocycles. The zero-order valence-electron chi connectivity index (χ0n) is 25.5. The zero-order chi connectivity index (χ0) is 32.6. The first-order valence-corrected chi connectivity index (χ1v) is 16.5. The van der Waals surface area contributed by atoms with Crippen molar-refractivity contribution in [2.24, 2.45) is 0 Å². The number of carbonyl (C=O) groups excluding carboxylic acids is 2. The maximum Gasteiger partial charge on any atom is 0.264 e. The summed E-state index contributed by atoms with van der Waals surface area (Å²) < 4.78 is 44.4. The Kier molecular flexibility index (Phi) is 11.4. The highest BCUT2D eigenvalue weighted by Crippen LogP contribution is 2.30. The highest BCUT2D eigenvalue weighted by molar-refractivity contribution is 7.92. The third kappa shape index (κ3) is 8.49. The summed E-state index contributed by atoms with van der Waals surface area (Å²) >= 11 is 6.32. The molecule has 2 amide bonds. The van der Waals surface area contributed by atoms with Crippen LogP contribution in [0.25, 0.3) is 0 Å². The van der Waals surface area contributed by atoms with E-state index in [1.807, 2.05) is 44.2 Å². The Balaban J connectivity index is 1.83. The van der Waals surface area contributed by atoms with Crippen LogP contribution < -0.4 is 9.62 Å². The summed E-state index contributed by atoms with van der Waals surface area (Å²) in [5.41, 5.74) is 2.64. The first-order chi connectivity index (χ1) is 21.5. The molecule has 7 nitrogen and oxygen atoms in total. The number of hydrogen-bond donors (Lipinski definition) is 1. The van der Waals surface area contributed by atoms with E-state index in [0.29, 0.717) is 18.5 Å². The molecule has 0 radical (unpaired) electrons. The van der Waals surface area contributed by atoms with Crippen LogP contribution in [0.15, 0.2) is 102 Å². The van der Waals surface area contributed by atoms with Gasteiger partial charge in [0.1, 0.15) is 18.4 Å². The van der Waals surface area contributed by atoms with E-state index in [9.17, 15) is 18.0 Å². The van der Waals surface area contributed by atoms with E-state index in [1.54, 1.807) is 43.3 Å². The van der Waals surface area contributed by atoms with Crippen LogP contribution in [0.5, 0.6) is 0 Å². The lowest BCUT2D eigenvalue weighted by Gasteiger charge is -2.34. The van der Waals surface area contributed by atoms with Crippen LogP contribution in [0.3, 0.4) is 0 Å². The average Bonchev–Trinajstić information content (AvgIpc) is 3.03. The molecular weight excluding hydrogens is 613 g/mol. The van der Waals surface area contributed by atoms with Gasteiger partial charge in [0.25, 0.3) is 10.0 Å². The second kappa shape index (κ2) is 15.2.